The average molecular weight is 585 g/mol. The molecule has 0 aliphatic carbocycles. The van der Waals surface area contributed by atoms with Gasteiger partial charge in [0.05, 0.1) is 49.9 Å². The van der Waals surface area contributed by atoms with Gasteiger partial charge >= 0.3 is 0 Å². The summed E-state index contributed by atoms with van der Waals surface area (Å²) in [6.07, 6.45) is 1.51. The van der Waals surface area contributed by atoms with E-state index in [9.17, 15) is 19.1 Å². The van der Waals surface area contributed by atoms with Crippen molar-refractivity contribution in [3.63, 3.8) is 0 Å². The van der Waals surface area contributed by atoms with Crippen LogP contribution in [0.3, 0.4) is 0 Å². The number of benzene rings is 2. The van der Waals surface area contributed by atoms with E-state index >= 15 is 0 Å². The summed E-state index contributed by atoms with van der Waals surface area (Å²) >= 11 is 6.44. The van der Waals surface area contributed by atoms with E-state index in [1.807, 2.05) is 17.1 Å². The largest absolute Gasteiger partial charge is 0.497 e. The Bertz CT molecular complexity index is 1450. The Hall–Kier alpha value is -3.84. The summed E-state index contributed by atoms with van der Waals surface area (Å²) < 4.78 is 24.5. The van der Waals surface area contributed by atoms with Crippen molar-refractivity contribution in [1.82, 2.24) is 25.2 Å². The summed E-state index contributed by atoms with van der Waals surface area (Å²) in [6.45, 7) is 3.94. The minimum Gasteiger partial charge on any atom is -0.497 e. The van der Waals surface area contributed by atoms with Crippen LogP contribution in [0.1, 0.15) is 34.5 Å². The molecule has 3 N–H and O–H groups in total. The van der Waals surface area contributed by atoms with E-state index in [0.29, 0.717) is 59.7 Å². The predicted octanol–water partition coefficient (Wildman–Crippen LogP) is 2.80. The lowest BCUT2D eigenvalue weighted by Gasteiger charge is -2.27. The Morgan fingerprint density at radius 1 is 1.24 bits per heavy atom. The van der Waals surface area contributed by atoms with Gasteiger partial charge in [0.25, 0.3) is 5.91 Å². The Morgan fingerprint density at radius 3 is 2.76 bits per heavy atom. The van der Waals surface area contributed by atoms with E-state index in [0.717, 1.165) is 5.56 Å². The highest BCUT2D eigenvalue weighted by atomic mass is 35.5. The van der Waals surface area contributed by atoms with Crippen molar-refractivity contribution in [2.24, 2.45) is 0 Å². The van der Waals surface area contributed by atoms with Crippen LogP contribution in [0.4, 0.5) is 10.3 Å². The standard InChI is InChI=1S/C28H30ClFN6O5/c1-16(26(38)32-24(15-37)19-9-20(30)12-21(10-19)40-2)36-14-18-4-3-17(11-22(18)27(36)39)25-23(29)13-31-28(33-25)34-35-5-7-41-8-6-35/h3-4,9-13,16,24,37H,5-8,14-15H2,1-2H3,(H,32,38)(H,31,33,34). The van der Waals surface area contributed by atoms with Gasteiger partial charge in [-0.15, -0.1) is 0 Å². The van der Waals surface area contributed by atoms with E-state index in [4.69, 9.17) is 21.1 Å². The molecule has 1 saturated heterocycles. The molecule has 11 nitrogen and oxygen atoms in total. The number of amides is 2. The molecule has 1 fully saturated rings. The first kappa shape index (κ1) is 28.7. The number of ether oxygens (including phenoxy) is 2. The minimum absolute atomic E-state index is 0.224. The van der Waals surface area contributed by atoms with Gasteiger partial charge in [-0.25, -0.2) is 19.4 Å². The van der Waals surface area contributed by atoms with E-state index < -0.39 is 30.4 Å². The summed E-state index contributed by atoms with van der Waals surface area (Å²) in [6, 6.07) is 7.55. The average Bonchev–Trinajstić information content (AvgIpc) is 3.31. The number of methoxy groups -OCH3 is 1. The molecule has 0 radical (unpaired) electrons. The van der Waals surface area contributed by atoms with Gasteiger partial charge in [0.15, 0.2) is 0 Å². The number of aliphatic hydroxyl groups is 1. The first-order chi connectivity index (χ1) is 19.8. The zero-order valence-corrected chi connectivity index (χ0v) is 23.3. The van der Waals surface area contributed by atoms with Crippen molar-refractivity contribution >= 4 is 29.4 Å². The van der Waals surface area contributed by atoms with Gasteiger partial charge in [-0.1, -0.05) is 23.7 Å². The van der Waals surface area contributed by atoms with E-state index in [1.54, 1.807) is 13.0 Å². The molecule has 0 bridgehead atoms. The number of hydrogen-bond acceptors (Lipinski definition) is 9. The lowest BCUT2D eigenvalue weighted by molar-refractivity contribution is -0.126. The van der Waals surface area contributed by atoms with Gasteiger partial charge in [0.2, 0.25) is 11.9 Å². The number of aromatic nitrogens is 2. The number of carbonyl (C=O) groups excluding carboxylic acids is 2. The molecule has 2 unspecified atom stereocenters. The first-order valence-corrected chi connectivity index (χ1v) is 13.5. The fraction of sp³-hybridized carbons (Fsp3) is 0.357. The summed E-state index contributed by atoms with van der Waals surface area (Å²) in [7, 11) is 1.40. The third-order valence-electron chi connectivity index (χ3n) is 7.11. The maximum Gasteiger partial charge on any atom is 0.255 e. The van der Waals surface area contributed by atoms with Crippen LogP contribution in [-0.2, 0) is 16.1 Å². The zero-order chi connectivity index (χ0) is 29.1. The molecule has 2 aromatic carbocycles. The van der Waals surface area contributed by atoms with Crippen molar-refractivity contribution < 1.29 is 28.6 Å². The number of carbonyl (C=O) groups is 2. The predicted molar refractivity (Wildman–Crippen MR) is 149 cm³/mol. The number of hydrogen-bond donors (Lipinski definition) is 3. The third kappa shape index (κ3) is 6.25. The van der Waals surface area contributed by atoms with Crippen LogP contribution in [0.5, 0.6) is 5.75 Å². The lowest BCUT2D eigenvalue weighted by atomic mass is 10.0. The zero-order valence-electron chi connectivity index (χ0n) is 22.6. The highest BCUT2D eigenvalue weighted by Gasteiger charge is 2.35. The molecule has 2 amide bonds. The SMILES string of the molecule is COc1cc(F)cc(C(CO)NC(=O)C(C)N2Cc3ccc(-c4nc(NN5CCOCC5)ncc4Cl)cc3C2=O)c1. The second-order valence-electron chi connectivity index (χ2n) is 9.75. The van der Waals surface area contributed by atoms with Crippen LogP contribution < -0.4 is 15.5 Å². The van der Waals surface area contributed by atoms with Crippen LogP contribution in [0.2, 0.25) is 5.02 Å². The van der Waals surface area contributed by atoms with Gasteiger partial charge < -0.3 is 24.8 Å². The number of fused-ring (bicyclic) bond motifs is 1. The Kier molecular flexibility index (Phi) is 8.64. The van der Waals surface area contributed by atoms with Crippen molar-refractivity contribution in [2.45, 2.75) is 25.6 Å². The summed E-state index contributed by atoms with van der Waals surface area (Å²) in [4.78, 5) is 36.9. The molecule has 0 spiro atoms. The minimum atomic E-state index is -0.888. The summed E-state index contributed by atoms with van der Waals surface area (Å²) in [5.74, 6) is -0.747. The number of nitrogens with zero attached hydrogens (tertiary/aromatic N) is 4. The van der Waals surface area contributed by atoms with Gasteiger partial charge in [0.1, 0.15) is 17.6 Å². The first-order valence-electron chi connectivity index (χ1n) is 13.1. The third-order valence-corrected chi connectivity index (χ3v) is 7.38. The van der Waals surface area contributed by atoms with Crippen molar-refractivity contribution in [3.05, 3.63) is 70.1 Å². The highest BCUT2D eigenvalue weighted by Crippen LogP contribution is 2.32. The van der Waals surface area contributed by atoms with E-state index in [-0.39, 0.29) is 18.2 Å². The topological polar surface area (TPSA) is 129 Å². The maximum absolute atomic E-state index is 14.0. The Morgan fingerprint density at radius 2 is 2.02 bits per heavy atom. The molecule has 41 heavy (non-hydrogen) atoms. The van der Waals surface area contributed by atoms with Crippen LogP contribution in [0.25, 0.3) is 11.3 Å². The molecule has 5 rings (SSSR count). The number of morpholine rings is 1. The molecular weight excluding hydrogens is 555 g/mol. The molecule has 2 aliphatic heterocycles. The maximum atomic E-state index is 14.0. The van der Waals surface area contributed by atoms with Crippen molar-refractivity contribution in [3.8, 4) is 17.0 Å². The molecular formula is C28H30ClFN6O5. The molecule has 3 heterocycles. The lowest BCUT2D eigenvalue weighted by Crippen LogP contribution is -2.46. The van der Waals surface area contributed by atoms with Gasteiger partial charge in [-0.05, 0) is 36.2 Å². The van der Waals surface area contributed by atoms with Crippen molar-refractivity contribution in [2.75, 3.05) is 45.4 Å². The van der Waals surface area contributed by atoms with Gasteiger partial charge in [0, 0.05) is 36.8 Å². The number of aliphatic hydroxyl groups excluding tert-OH is 1. The number of rotatable bonds is 9. The normalized spacial score (nSPS) is 16.7. The van der Waals surface area contributed by atoms with Crippen LogP contribution in [0.15, 0.2) is 42.6 Å². The highest BCUT2D eigenvalue weighted by molar-refractivity contribution is 6.33. The van der Waals surface area contributed by atoms with Gasteiger partial charge in [-0.3, -0.25) is 15.0 Å². The Balaban J connectivity index is 1.31. The fourth-order valence-electron chi connectivity index (χ4n) is 4.80. The summed E-state index contributed by atoms with van der Waals surface area (Å²) in [5.41, 5.74) is 5.80. The number of halogens is 2. The summed E-state index contributed by atoms with van der Waals surface area (Å²) in [5, 5.41) is 14.9. The van der Waals surface area contributed by atoms with Crippen LogP contribution in [0, 0.1) is 5.82 Å². The van der Waals surface area contributed by atoms with E-state index in [2.05, 4.69) is 20.7 Å². The van der Waals surface area contributed by atoms with Crippen LogP contribution >= 0.6 is 11.6 Å². The number of nitrogens with one attached hydrogen (secondary N) is 2. The number of hydrazine groups is 1. The molecule has 0 saturated carbocycles. The quantitative estimate of drug-likeness (QED) is 0.348. The molecule has 3 aromatic rings. The second kappa shape index (κ2) is 12.4. The molecule has 216 valence electrons. The molecule has 13 heteroatoms. The second-order valence-corrected chi connectivity index (χ2v) is 10.2. The van der Waals surface area contributed by atoms with Crippen LogP contribution in [-0.4, -0.2) is 82.9 Å². The van der Waals surface area contributed by atoms with E-state index in [1.165, 1.54) is 36.4 Å². The molecule has 1 aromatic heterocycles. The monoisotopic (exact) mass is 584 g/mol. The number of anilines is 1. The Labute approximate surface area is 241 Å². The van der Waals surface area contributed by atoms with Crippen molar-refractivity contribution in [1.29, 1.82) is 0 Å². The molecule has 2 atom stereocenters. The smallest absolute Gasteiger partial charge is 0.255 e. The van der Waals surface area contributed by atoms with Gasteiger partial charge in [-0.2, -0.15) is 0 Å². The fourth-order valence-corrected chi connectivity index (χ4v) is 5.00. The molecule has 2 aliphatic rings.